The topological polar surface area (TPSA) is 81.4 Å². The number of phenols is 1. The lowest BCUT2D eigenvalue weighted by Crippen LogP contribution is -2.30. The van der Waals surface area contributed by atoms with Crippen molar-refractivity contribution in [1.29, 1.82) is 5.26 Å². The number of aromatic hydroxyl groups is 1. The third-order valence-electron chi connectivity index (χ3n) is 2.28. The van der Waals surface area contributed by atoms with Crippen molar-refractivity contribution in [2.45, 2.75) is 11.8 Å². The van der Waals surface area contributed by atoms with Gasteiger partial charge in [-0.05, 0) is 25.1 Å². The van der Waals surface area contributed by atoms with Crippen molar-refractivity contribution < 1.29 is 13.5 Å². The first-order chi connectivity index (χ1) is 7.87. The Morgan fingerprint density at radius 1 is 1.53 bits per heavy atom. The Hall–Kier alpha value is -1.58. The Morgan fingerprint density at radius 3 is 2.71 bits per heavy atom. The minimum Gasteiger partial charge on any atom is -0.508 e. The quantitative estimate of drug-likeness (QED) is 0.874. The van der Waals surface area contributed by atoms with Gasteiger partial charge in [0, 0.05) is 13.6 Å². The van der Waals surface area contributed by atoms with Gasteiger partial charge in [-0.1, -0.05) is 6.07 Å². The van der Waals surface area contributed by atoms with Crippen molar-refractivity contribution in [3.63, 3.8) is 0 Å². The van der Waals surface area contributed by atoms with Crippen LogP contribution >= 0.6 is 0 Å². The SMILES string of the molecule is CC(C#N)CN(C)S(=O)(=O)c1cccc(O)c1. The summed E-state index contributed by atoms with van der Waals surface area (Å²) >= 11 is 0. The number of phenolic OH excluding ortho intramolecular Hbond substituents is 1. The molecule has 0 aliphatic heterocycles. The summed E-state index contributed by atoms with van der Waals surface area (Å²) in [4.78, 5) is 0.0186. The Kier molecular flexibility index (Phi) is 4.10. The average molecular weight is 254 g/mol. The van der Waals surface area contributed by atoms with E-state index >= 15 is 0 Å². The van der Waals surface area contributed by atoms with E-state index < -0.39 is 10.0 Å². The van der Waals surface area contributed by atoms with Gasteiger partial charge in [-0.25, -0.2) is 8.42 Å². The first-order valence-electron chi connectivity index (χ1n) is 5.03. The summed E-state index contributed by atoms with van der Waals surface area (Å²) in [5.74, 6) is -0.486. The standard InChI is InChI=1S/C11H14N2O3S/c1-9(7-12)8-13(2)17(15,16)11-5-3-4-10(14)6-11/h3-6,9,14H,8H2,1-2H3. The zero-order valence-electron chi connectivity index (χ0n) is 9.66. The molecule has 0 aliphatic carbocycles. The number of rotatable bonds is 4. The molecule has 0 fully saturated rings. The van der Waals surface area contributed by atoms with Gasteiger partial charge in [0.05, 0.1) is 16.9 Å². The molecule has 92 valence electrons. The predicted molar refractivity (Wildman–Crippen MR) is 62.7 cm³/mol. The second-order valence-corrected chi connectivity index (χ2v) is 5.86. The second kappa shape index (κ2) is 5.17. The molecule has 1 N–H and O–H groups in total. The molecule has 0 amide bonds. The Labute approximate surface area is 101 Å². The van der Waals surface area contributed by atoms with Crippen LogP contribution in [-0.4, -0.2) is 31.4 Å². The van der Waals surface area contributed by atoms with E-state index in [2.05, 4.69) is 0 Å². The molecule has 1 rings (SSSR count). The zero-order chi connectivity index (χ0) is 13.1. The fourth-order valence-electron chi connectivity index (χ4n) is 1.35. The molecule has 17 heavy (non-hydrogen) atoms. The number of hydrogen-bond donors (Lipinski definition) is 1. The smallest absolute Gasteiger partial charge is 0.242 e. The van der Waals surface area contributed by atoms with Crippen LogP contribution in [0.4, 0.5) is 0 Å². The van der Waals surface area contributed by atoms with E-state index in [1.165, 1.54) is 31.3 Å². The summed E-state index contributed by atoms with van der Waals surface area (Å²) in [6.45, 7) is 1.77. The molecule has 1 aromatic rings. The van der Waals surface area contributed by atoms with Gasteiger partial charge in [-0.3, -0.25) is 0 Å². The minimum absolute atomic E-state index is 0.0186. The predicted octanol–water partition coefficient (Wildman–Crippen LogP) is 1.17. The van der Waals surface area contributed by atoms with Gasteiger partial charge >= 0.3 is 0 Å². The van der Waals surface area contributed by atoms with Gasteiger partial charge in [0.15, 0.2) is 0 Å². The molecular formula is C11H14N2O3S. The average Bonchev–Trinajstić information content (AvgIpc) is 2.28. The van der Waals surface area contributed by atoms with Gasteiger partial charge < -0.3 is 5.11 Å². The lowest BCUT2D eigenvalue weighted by Gasteiger charge is -2.18. The second-order valence-electron chi connectivity index (χ2n) is 3.81. The first-order valence-corrected chi connectivity index (χ1v) is 6.47. The van der Waals surface area contributed by atoms with Crippen molar-refractivity contribution in [3.05, 3.63) is 24.3 Å². The molecule has 1 unspecified atom stereocenters. The highest BCUT2D eigenvalue weighted by Gasteiger charge is 2.22. The third kappa shape index (κ3) is 3.19. The largest absolute Gasteiger partial charge is 0.508 e. The number of sulfonamides is 1. The van der Waals surface area contributed by atoms with E-state index in [0.717, 1.165) is 4.31 Å². The number of nitrogens with zero attached hydrogens (tertiary/aromatic N) is 2. The van der Waals surface area contributed by atoms with Gasteiger partial charge in [-0.15, -0.1) is 0 Å². The normalized spacial score (nSPS) is 13.3. The van der Waals surface area contributed by atoms with Crippen LogP contribution in [-0.2, 0) is 10.0 Å². The molecule has 0 heterocycles. The number of nitriles is 1. The maximum absolute atomic E-state index is 12.0. The molecule has 0 spiro atoms. The third-order valence-corrected chi connectivity index (χ3v) is 4.10. The fraction of sp³-hybridized carbons (Fsp3) is 0.364. The fourth-order valence-corrected chi connectivity index (χ4v) is 2.65. The maximum atomic E-state index is 12.0. The van der Waals surface area contributed by atoms with Crippen LogP contribution in [0.5, 0.6) is 5.75 Å². The van der Waals surface area contributed by atoms with Crippen molar-refractivity contribution in [2.24, 2.45) is 5.92 Å². The summed E-state index contributed by atoms with van der Waals surface area (Å²) in [5.41, 5.74) is 0. The van der Waals surface area contributed by atoms with Crippen LogP contribution in [0.2, 0.25) is 0 Å². The van der Waals surface area contributed by atoms with Crippen LogP contribution in [0.25, 0.3) is 0 Å². The molecule has 1 aromatic carbocycles. The van der Waals surface area contributed by atoms with Gasteiger partial charge in [0.1, 0.15) is 5.75 Å². The summed E-state index contributed by atoms with van der Waals surface area (Å²) in [7, 11) is -2.23. The lowest BCUT2D eigenvalue weighted by atomic mass is 10.2. The molecule has 0 saturated heterocycles. The van der Waals surface area contributed by atoms with Crippen LogP contribution in [0.1, 0.15) is 6.92 Å². The maximum Gasteiger partial charge on any atom is 0.242 e. The number of hydrogen-bond acceptors (Lipinski definition) is 4. The van der Waals surface area contributed by atoms with E-state index in [-0.39, 0.29) is 23.1 Å². The molecular weight excluding hydrogens is 240 g/mol. The van der Waals surface area contributed by atoms with Crippen molar-refractivity contribution >= 4 is 10.0 Å². The van der Waals surface area contributed by atoms with Crippen molar-refractivity contribution in [3.8, 4) is 11.8 Å². The van der Waals surface area contributed by atoms with Crippen LogP contribution in [0.15, 0.2) is 29.2 Å². The molecule has 5 nitrogen and oxygen atoms in total. The lowest BCUT2D eigenvalue weighted by molar-refractivity contribution is 0.437. The summed E-state index contributed by atoms with van der Waals surface area (Å²) < 4.78 is 25.2. The molecule has 0 radical (unpaired) electrons. The monoisotopic (exact) mass is 254 g/mol. The van der Waals surface area contributed by atoms with E-state index in [1.54, 1.807) is 6.92 Å². The van der Waals surface area contributed by atoms with Gasteiger partial charge in [0.2, 0.25) is 10.0 Å². The van der Waals surface area contributed by atoms with Gasteiger partial charge in [0.25, 0.3) is 0 Å². The molecule has 0 aliphatic rings. The molecule has 6 heteroatoms. The van der Waals surface area contributed by atoms with Crippen molar-refractivity contribution in [2.75, 3.05) is 13.6 Å². The highest BCUT2D eigenvalue weighted by Crippen LogP contribution is 2.19. The molecule has 0 aromatic heterocycles. The number of benzene rings is 1. The summed E-state index contributed by atoms with van der Waals surface area (Å²) in [6.07, 6.45) is 0. The zero-order valence-corrected chi connectivity index (χ0v) is 10.5. The van der Waals surface area contributed by atoms with E-state index in [1.807, 2.05) is 6.07 Å². The van der Waals surface area contributed by atoms with Crippen LogP contribution in [0.3, 0.4) is 0 Å². The Morgan fingerprint density at radius 2 is 2.18 bits per heavy atom. The summed E-state index contributed by atoms with van der Waals surface area (Å²) in [6, 6.07) is 7.43. The van der Waals surface area contributed by atoms with Crippen molar-refractivity contribution in [1.82, 2.24) is 4.31 Å². The molecule has 0 bridgehead atoms. The van der Waals surface area contributed by atoms with Crippen LogP contribution < -0.4 is 0 Å². The Balaban J connectivity index is 3.00. The first kappa shape index (κ1) is 13.5. The molecule has 0 saturated carbocycles. The van der Waals surface area contributed by atoms with E-state index in [4.69, 9.17) is 5.26 Å². The van der Waals surface area contributed by atoms with Gasteiger partial charge in [-0.2, -0.15) is 9.57 Å². The minimum atomic E-state index is -3.64. The molecule has 1 atom stereocenters. The highest BCUT2D eigenvalue weighted by molar-refractivity contribution is 7.89. The summed E-state index contributed by atoms with van der Waals surface area (Å²) in [5, 5.41) is 17.9. The Bertz CT molecular complexity index is 534. The van der Waals surface area contributed by atoms with E-state index in [9.17, 15) is 13.5 Å². The van der Waals surface area contributed by atoms with Crippen LogP contribution in [0, 0.1) is 17.2 Å². The highest BCUT2D eigenvalue weighted by atomic mass is 32.2. The van der Waals surface area contributed by atoms with E-state index in [0.29, 0.717) is 0 Å².